The maximum Gasteiger partial charge on any atom is 0.242 e. The lowest BCUT2D eigenvalue weighted by Gasteiger charge is -2.23. The highest BCUT2D eigenvalue weighted by molar-refractivity contribution is 5.88. The van der Waals surface area contributed by atoms with Crippen molar-refractivity contribution in [3.63, 3.8) is 0 Å². The number of hydrogen-bond acceptors (Lipinski definition) is 3. The maximum atomic E-state index is 12.6. The van der Waals surface area contributed by atoms with Gasteiger partial charge in [0.05, 0.1) is 6.61 Å². The number of para-hydroxylation sites is 1. The molecule has 2 saturated heterocycles. The minimum Gasteiger partial charge on any atom is -0.493 e. The van der Waals surface area contributed by atoms with Gasteiger partial charge in [-0.15, -0.1) is 0 Å². The zero-order valence-electron chi connectivity index (χ0n) is 15.5. The molecule has 2 aliphatic heterocycles. The molecule has 1 amide bonds. The van der Waals surface area contributed by atoms with Crippen LogP contribution in [0.1, 0.15) is 37.8 Å². The van der Waals surface area contributed by atoms with Crippen molar-refractivity contribution in [3.05, 3.63) is 54.1 Å². The number of ether oxygens (including phenoxy) is 1. The first-order chi connectivity index (χ1) is 12.6. The normalized spacial score (nSPS) is 25.2. The highest BCUT2D eigenvalue weighted by Gasteiger charge is 2.49. The summed E-state index contributed by atoms with van der Waals surface area (Å²) in [6.45, 7) is 3.50. The first-order valence-corrected chi connectivity index (χ1v) is 9.48. The summed E-state index contributed by atoms with van der Waals surface area (Å²) in [5, 5.41) is 3.66. The van der Waals surface area contributed by atoms with Gasteiger partial charge in [-0.25, -0.2) is 0 Å². The van der Waals surface area contributed by atoms with Crippen LogP contribution in [-0.4, -0.2) is 36.5 Å². The molecule has 136 valence electrons. The van der Waals surface area contributed by atoms with Crippen LogP contribution in [0.25, 0.3) is 11.1 Å². The molecular weight excluding hydrogens is 324 g/mol. The second-order valence-corrected chi connectivity index (χ2v) is 7.35. The fourth-order valence-electron chi connectivity index (χ4n) is 4.33. The predicted molar refractivity (Wildman–Crippen MR) is 103 cm³/mol. The van der Waals surface area contributed by atoms with Crippen molar-refractivity contribution in [2.24, 2.45) is 0 Å². The lowest BCUT2D eigenvalue weighted by atomic mass is 9.95. The standard InChI is InChI=1S/C22H26N2O2/c1-3-26-20-10-5-4-9-18(20)16-7-6-8-17(15-16)19-11-12-22(23-19)13-14-24(2)21(22)25/h4-10,15,19,23H,3,11-14H2,1-2H3/t19-,22+/m1/s1. The molecule has 2 fully saturated rings. The second-order valence-electron chi connectivity index (χ2n) is 7.35. The van der Waals surface area contributed by atoms with Gasteiger partial charge >= 0.3 is 0 Å². The third-order valence-electron chi connectivity index (χ3n) is 5.73. The average Bonchev–Trinajstić information content (AvgIpc) is 3.23. The number of hydrogen-bond donors (Lipinski definition) is 1. The van der Waals surface area contributed by atoms with Crippen molar-refractivity contribution in [2.45, 2.75) is 37.8 Å². The van der Waals surface area contributed by atoms with Gasteiger partial charge in [-0.05, 0) is 49.4 Å². The lowest BCUT2D eigenvalue weighted by molar-refractivity contribution is -0.131. The molecule has 2 aromatic carbocycles. The fourth-order valence-corrected chi connectivity index (χ4v) is 4.33. The Bertz CT molecular complexity index is 819. The van der Waals surface area contributed by atoms with Crippen molar-refractivity contribution >= 4 is 5.91 Å². The minimum atomic E-state index is -0.349. The first-order valence-electron chi connectivity index (χ1n) is 9.48. The summed E-state index contributed by atoms with van der Waals surface area (Å²) < 4.78 is 5.79. The summed E-state index contributed by atoms with van der Waals surface area (Å²) in [5.74, 6) is 1.16. The van der Waals surface area contributed by atoms with Crippen LogP contribution >= 0.6 is 0 Å². The van der Waals surface area contributed by atoms with Crippen molar-refractivity contribution in [2.75, 3.05) is 20.2 Å². The zero-order chi connectivity index (χ0) is 18.1. The van der Waals surface area contributed by atoms with Crippen molar-refractivity contribution < 1.29 is 9.53 Å². The molecule has 0 aromatic heterocycles. The van der Waals surface area contributed by atoms with Crippen LogP contribution in [0.3, 0.4) is 0 Å². The third-order valence-corrected chi connectivity index (χ3v) is 5.73. The van der Waals surface area contributed by atoms with E-state index in [9.17, 15) is 4.79 Å². The highest BCUT2D eigenvalue weighted by atomic mass is 16.5. The number of carbonyl (C=O) groups excluding carboxylic acids is 1. The summed E-state index contributed by atoms with van der Waals surface area (Å²) in [4.78, 5) is 14.4. The van der Waals surface area contributed by atoms with Crippen LogP contribution in [0.15, 0.2) is 48.5 Å². The Hall–Kier alpha value is -2.33. The number of nitrogens with zero attached hydrogens (tertiary/aromatic N) is 1. The van der Waals surface area contributed by atoms with E-state index in [4.69, 9.17) is 4.74 Å². The maximum absolute atomic E-state index is 12.6. The van der Waals surface area contributed by atoms with Crippen LogP contribution in [-0.2, 0) is 4.79 Å². The van der Waals surface area contributed by atoms with Gasteiger partial charge in [0.15, 0.2) is 0 Å². The van der Waals surface area contributed by atoms with E-state index >= 15 is 0 Å². The van der Waals surface area contributed by atoms with E-state index in [1.165, 1.54) is 5.56 Å². The minimum absolute atomic E-state index is 0.227. The van der Waals surface area contributed by atoms with Crippen molar-refractivity contribution in [3.8, 4) is 16.9 Å². The van der Waals surface area contributed by atoms with Gasteiger partial charge < -0.3 is 9.64 Å². The highest BCUT2D eigenvalue weighted by Crippen LogP contribution is 2.40. The second kappa shape index (κ2) is 6.76. The Balaban J connectivity index is 1.61. The molecule has 0 aliphatic carbocycles. The Morgan fingerprint density at radius 1 is 1.19 bits per heavy atom. The molecular formula is C22H26N2O2. The van der Waals surface area contributed by atoms with E-state index in [-0.39, 0.29) is 17.5 Å². The van der Waals surface area contributed by atoms with Gasteiger partial charge in [0, 0.05) is 25.2 Å². The lowest BCUT2D eigenvalue weighted by Crippen LogP contribution is -2.47. The molecule has 4 heteroatoms. The van der Waals surface area contributed by atoms with E-state index in [1.54, 1.807) is 0 Å². The molecule has 2 aromatic rings. The summed E-state index contributed by atoms with van der Waals surface area (Å²) >= 11 is 0. The van der Waals surface area contributed by atoms with Crippen LogP contribution in [0.2, 0.25) is 0 Å². The number of benzene rings is 2. The van der Waals surface area contributed by atoms with Crippen LogP contribution in [0.4, 0.5) is 0 Å². The number of nitrogens with one attached hydrogen (secondary N) is 1. The number of likely N-dealkylation sites (N-methyl/N-ethyl adjacent to an activating group) is 1. The van der Waals surface area contributed by atoms with E-state index in [0.717, 1.165) is 42.7 Å². The molecule has 1 spiro atoms. The predicted octanol–water partition coefficient (Wildman–Crippen LogP) is 3.78. The Morgan fingerprint density at radius 3 is 2.81 bits per heavy atom. The van der Waals surface area contributed by atoms with E-state index in [0.29, 0.717) is 6.61 Å². The van der Waals surface area contributed by atoms with Crippen LogP contribution < -0.4 is 10.1 Å². The largest absolute Gasteiger partial charge is 0.493 e. The average molecular weight is 350 g/mol. The molecule has 0 bridgehead atoms. The molecule has 0 saturated carbocycles. The van der Waals surface area contributed by atoms with Gasteiger partial charge in [0.2, 0.25) is 5.91 Å². The van der Waals surface area contributed by atoms with Gasteiger partial charge in [-0.2, -0.15) is 0 Å². The Labute approximate surface area is 155 Å². The SMILES string of the molecule is CCOc1ccccc1-c1cccc([C@H]2CC[C@@]3(CCN(C)C3=O)N2)c1. The van der Waals surface area contributed by atoms with E-state index < -0.39 is 0 Å². The van der Waals surface area contributed by atoms with Gasteiger partial charge in [0.25, 0.3) is 0 Å². The molecule has 0 radical (unpaired) electrons. The molecule has 4 rings (SSSR count). The summed E-state index contributed by atoms with van der Waals surface area (Å²) in [7, 11) is 1.90. The summed E-state index contributed by atoms with van der Waals surface area (Å²) in [6, 6.07) is 17.0. The molecule has 4 nitrogen and oxygen atoms in total. The van der Waals surface area contributed by atoms with E-state index in [1.807, 2.05) is 37.1 Å². The molecule has 2 atom stereocenters. The fraction of sp³-hybridized carbons (Fsp3) is 0.409. The van der Waals surface area contributed by atoms with Gasteiger partial charge in [-0.1, -0.05) is 36.4 Å². The van der Waals surface area contributed by atoms with Crippen LogP contribution in [0, 0.1) is 0 Å². The first kappa shape index (κ1) is 17.1. The quantitative estimate of drug-likeness (QED) is 0.912. The number of likely N-dealkylation sites (tertiary alicyclic amines) is 1. The molecule has 1 N–H and O–H groups in total. The number of rotatable bonds is 4. The monoisotopic (exact) mass is 350 g/mol. The zero-order valence-corrected chi connectivity index (χ0v) is 15.5. The van der Waals surface area contributed by atoms with Crippen molar-refractivity contribution in [1.82, 2.24) is 10.2 Å². The molecule has 2 aliphatic rings. The van der Waals surface area contributed by atoms with Crippen molar-refractivity contribution in [1.29, 1.82) is 0 Å². The molecule has 2 heterocycles. The molecule has 0 unspecified atom stereocenters. The summed E-state index contributed by atoms with van der Waals surface area (Å²) in [5.41, 5.74) is 3.16. The van der Waals surface area contributed by atoms with Gasteiger partial charge in [0.1, 0.15) is 11.3 Å². The van der Waals surface area contributed by atoms with Crippen LogP contribution in [0.5, 0.6) is 5.75 Å². The smallest absolute Gasteiger partial charge is 0.242 e. The molecule has 26 heavy (non-hydrogen) atoms. The third kappa shape index (κ3) is 2.88. The topological polar surface area (TPSA) is 41.6 Å². The Kier molecular flexibility index (Phi) is 4.45. The number of amides is 1. The van der Waals surface area contributed by atoms with E-state index in [2.05, 4.69) is 35.6 Å². The number of carbonyl (C=O) groups is 1. The Morgan fingerprint density at radius 2 is 2.04 bits per heavy atom. The van der Waals surface area contributed by atoms with Gasteiger partial charge in [-0.3, -0.25) is 10.1 Å². The summed E-state index contributed by atoms with van der Waals surface area (Å²) in [6.07, 6.45) is 2.82.